The summed E-state index contributed by atoms with van der Waals surface area (Å²) in [7, 11) is 0. The molecule has 4 rings (SSSR count). The highest BCUT2D eigenvalue weighted by Gasteiger charge is 2.27. The molecule has 22 heavy (non-hydrogen) atoms. The van der Waals surface area contributed by atoms with Crippen molar-refractivity contribution < 1.29 is 4.74 Å². The molecule has 2 saturated heterocycles. The predicted octanol–water partition coefficient (Wildman–Crippen LogP) is 2.82. The van der Waals surface area contributed by atoms with E-state index in [1.54, 1.807) is 11.3 Å². The smallest absolute Gasteiger partial charge is 0.113 e. The Balaban J connectivity index is 1.37. The topological polar surface area (TPSA) is 43.2 Å². The first-order valence-corrected chi connectivity index (χ1v) is 9.10. The van der Waals surface area contributed by atoms with Crippen LogP contribution in [-0.4, -0.2) is 52.2 Å². The van der Waals surface area contributed by atoms with Gasteiger partial charge in [0.05, 0.1) is 12.2 Å². The molecule has 0 atom stereocenters. The van der Waals surface area contributed by atoms with Gasteiger partial charge in [0.15, 0.2) is 0 Å². The van der Waals surface area contributed by atoms with Crippen molar-refractivity contribution in [2.45, 2.75) is 37.8 Å². The molecular weight excluding hydrogens is 296 g/mol. The van der Waals surface area contributed by atoms with Crippen molar-refractivity contribution >= 4 is 11.3 Å². The molecule has 2 aromatic rings. The van der Waals surface area contributed by atoms with E-state index >= 15 is 0 Å². The van der Waals surface area contributed by atoms with Crippen LogP contribution in [0.15, 0.2) is 23.0 Å². The second-order valence-corrected chi connectivity index (χ2v) is 6.99. The lowest BCUT2D eigenvalue weighted by Gasteiger charge is -2.39. The van der Waals surface area contributed by atoms with Crippen molar-refractivity contribution in [3.63, 3.8) is 0 Å². The first-order valence-electron chi connectivity index (χ1n) is 8.16. The summed E-state index contributed by atoms with van der Waals surface area (Å²) in [4.78, 5) is 2.65. The zero-order valence-corrected chi connectivity index (χ0v) is 13.5. The van der Waals surface area contributed by atoms with Crippen LogP contribution in [0, 0.1) is 0 Å². The number of thiophene rings is 1. The van der Waals surface area contributed by atoms with E-state index in [4.69, 9.17) is 4.74 Å². The van der Waals surface area contributed by atoms with Crippen LogP contribution in [0.2, 0.25) is 0 Å². The van der Waals surface area contributed by atoms with Crippen molar-refractivity contribution in [1.82, 2.24) is 19.9 Å². The second-order valence-electron chi connectivity index (χ2n) is 6.21. The quantitative estimate of drug-likeness (QED) is 0.873. The van der Waals surface area contributed by atoms with Gasteiger partial charge >= 0.3 is 0 Å². The molecule has 0 spiro atoms. The zero-order chi connectivity index (χ0) is 14.8. The van der Waals surface area contributed by atoms with Crippen molar-refractivity contribution in [2.75, 3.05) is 26.3 Å². The Morgan fingerprint density at radius 3 is 2.64 bits per heavy atom. The summed E-state index contributed by atoms with van der Waals surface area (Å²) in [5.41, 5.74) is 2.17. The zero-order valence-electron chi connectivity index (χ0n) is 12.7. The Hall–Kier alpha value is -1.24. The van der Waals surface area contributed by atoms with Crippen LogP contribution in [0.25, 0.3) is 11.3 Å². The average Bonchev–Trinajstić information content (AvgIpc) is 3.27. The summed E-state index contributed by atoms with van der Waals surface area (Å²) in [6.07, 6.45) is 6.83. The van der Waals surface area contributed by atoms with Gasteiger partial charge in [-0.15, -0.1) is 5.10 Å². The van der Waals surface area contributed by atoms with Gasteiger partial charge in [-0.2, -0.15) is 11.3 Å². The van der Waals surface area contributed by atoms with Crippen molar-refractivity contribution in [2.24, 2.45) is 0 Å². The van der Waals surface area contributed by atoms with Crippen LogP contribution >= 0.6 is 11.3 Å². The van der Waals surface area contributed by atoms with Gasteiger partial charge in [-0.25, -0.2) is 4.68 Å². The third kappa shape index (κ3) is 2.95. The Kier molecular flexibility index (Phi) is 4.23. The molecule has 0 aromatic carbocycles. The largest absolute Gasteiger partial charge is 0.381 e. The van der Waals surface area contributed by atoms with Crippen LogP contribution in [0.4, 0.5) is 0 Å². The van der Waals surface area contributed by atoms with Crippen LogP contribution in [0.5, 0.6) is 0 Å². The number of hydrogen-bond donors (Lipinski definition) is 0. The lowest BCUT2D eigenvalue weighted by Crippen LogP contribution is -2.44. The van der Waals surface area contributed by atoms with Gasteiger partial charge in [0.1, 0.15) is 5.69 Å². The maximum absolute atomic E-state index is 5.47. The van der Waals surface area contributed by atoms with E-state index in [9.17, 15) is 0 Å². The summed E-state index contributed by atoms with van der Waals surface area (Å²) >= 11 is 1.70. The van der Waals surface area contributed by atoms with Gasteiger partial charge < -0.3 is 9.64 Å². The van der Waals surface area contributed by atoms with E-state index in [1.165, 1.54) is 44.3 Å². The number of likely N-dealkylation sites (tertiary alicyclic amines) is 1. The van der Waals surface area contributed by atoms with Gasteiger partial charge in [-0.05, 0) is 37.1 Å². The third-order valence-corrected chi connectivity index (χ3v) is 5.59. The number of piperidine rings is 1. The molecule has 0 amide bonds. The Morgan fingerprint density at radius 2 is 1.91 bits per heavy atom. The minimum atomic E-state index is 0.496. The molecule has 2 aromatic heterocycles. The summed E-state index contributed by atoms with van der Waals surface area (Å²) in [5, 5.41) is 12.9. The van der Waals surface area contributed by atoms with Crippen molar-refractivity contribution in [3.8, 4) is 11.3 Å². The summed E-state index contributed by atoms with van der Waals surface area (Å²) < 4.78 is 7.55. The third-order valence-electron chi connectivity index (χ3n) is 4.91. The number of aromatic nitrogens is 3. The predicted molar refractivity (Wildman–Crippen MR) is 87.0 cm³/mol. The fraction of sp³-hybridized carbons (Fsp3) is 0.625. The van der Waals surface area contributed by atoms with Crippen molar-refractivity contribution in [3.05, 3.63) is 23.0 Å². The Bertz CT molecular complexity index is 583. The SMILES string of the molecule is c1cc(-c2cn(C3CCN(C4CCOCC4)CC3)nn2)cs1. The molecule has 2 aliphatic heterocycles. The van der Waals surface area contributed by atoms with Crippen LogP contribution < -0.4 is 0 Å². The molecule has 0 unspecified atom stereocenters. The summed E-state index contributed by atoms with van der Waals surface area (Å²) in [6, 6.07) is 3.33. The number of nitrogens with zero attached hydrogens (tertiary/aromatic N) is 4. The average molecular weight is 318 g/mol. The molecule has 118 valence electrons. The Morgan fingerprint density at radius 1 is 1.09 bits per heavy atom. The van der Waals surface area contributed by atoms with Gasteiger partial charge in [-0.1, -0.05) is 5.21 Å². The van der Waals surface area contributed by atoms with Crippen LogP contribution in [0.1, 0.15) is 31.7 Å². The lowest BCUT2D eigenvalue weighted by atomic mass is 10.00. The first kappa shape index (κ1) is 14.4. The molecule has 0 bridgehead atoms. The maximum Gasteiger partial charge on any atom is 0.113 e. The molecule has 0 N–H and O–H groups in total. The number of hydrogen-bond acceptors (Lipinski definition) is 5. The number of ether oxygens (including phenoxy) is 1. The summed E-state index contributed by atoms with van der Waals surface area (Å²) in [5.74, 6) is 0. The highest BCUT2D eigenvalue weighted by atomic mass is 32.1. The van der Waals surface area contributed by atoms with Crippen LogP contribution in [-0.2, 0) is 4.74 Å². The van der Waals surface area contributed by atoms with Gasteiger partial charge in [0, 0.05) is 43.3 Å². The monoisotopic (exact) mass is 318 g/mol. The molecule has 0 saturated carbocycles. The van der Waals surface area contributed by atoms with Gasteiger partial charge in [0.2, 0.25) is 0 Å². The highest BCUT2D eigenvalue weighted by Crippen LogP contribution is 2.27. The molecule has 2 aliphatic rings. The van der Waals surface area contributed by atoms with Crippen LogP contribution in [0.3, 0.4) is 0 Å². The molecule has 0 aliphatic carbocycles. The van der Waals surface area contributed by atoms with E-state index in [2.05, 4.69) is 42.9 Å². The van der Waals surface area contributed by atoms with Gasteiger partial charge in [0.25, 0.3) is 0 Å². The number of rotatable bonds is 3. The fourth-order valence-corrected chi connectivity index (χ4v) is 4.21. The molecule has 6 heteroatoms. The minimum Gasteiger partial charge on any atom is -0.381 e. The van der Waals surface area contributed by atoms with E-state index < -0.39 is 0 Å². The van der Waals surface area contributed by atoms with E-state index in [-0.39, 0.29) is 0 Å². The molecule has 0 radical (unpaired) electrons. The normalized spacial score (nSPS) is 22.2. The van der Waals surface area contributed by atoms with Crippen molar-refractivity contribution in [1.29, 1.82) is 0 Å². The van der Waals surface area contributed by atoms with E-state index in [0.717, 1.165) is 24.9 Å². The summed E-state index contributed by atoms with van der Waals surface area (Å²) in [6.45, 7) is 4.20. The maximum atomic E-state index is 5.47. The highest BCUT2D eigenvalue weighted by molar-refractivity contribution is 7.08. The molecular formula is C16H22N4OS. The fourth-order valence-electron chi connectivity index (χ4n) is 3.56. The minimum absolute atomic E-state index is 0.496. The van der Waals surface area contributed by atoms with E-state index in [1.807, 2.05) is 0 Å². The Labute approximate surface area is 134 Å². The molecule has 2 fully saturated rings. The molecule has 5 nitrogen and oxygen atoms in total. The first-order chi connectivity index (χ1) is 10.9. The lowest BCUT2D eigenvalue weighted by molar-refractivity contribution is 0.0211. The van der Waals surface area contributed by atoms with Gasteiger partial charge in [-0.3, -0.25) is 0 Å². The second kappa shape index (κ2) is 6.48. The van der Waals surface area contributed by atoms with E-state index in [0.29, 0.717) is 6.04 Å². The standard InChI is InChI=1S/C16H22N4OS/c1-6-19(14-3-8-21-9-4-14)7-2-15(1)20-11-16(17-18-20)13-5-10-22-12-13/h5,10-12,14-15H,1-4,6-9H2. The molecule has 4 heterocycles.